The molecule has 2 aromatic rings. The minimum atomic E-state index is -0.708. The number of rotatable bonds is 7. The van der Waals surface area contributed by atoms with Crippen LogP contribution in [0.3, 0.4) is 0 Å². The van der Waals surface area contributed by atoms with Crippen LogP contribution >= 0.6 is 0 Å². The lowest BCUT2D eigenvalue weighted by atomic mass is 10.1. The predicted molar refractivity (Wildman–Crippen MR) is 118 cm³/mol. The number of hydrogen-bond acceptors (Lipinski definition) is 5. The van der Waals surface area contributed by atoms with Gasteiger partial charge >= 0.3 is 0 Å². The summed E-state index contributed by atoms with van der Waals surface area (Å²) < 4.78 is 5.66. The predicted octanol–water partition coefficient (Wildman–Crippen LogP) is 2.36. The second kappa shape index (κ2) is 10.2. The van der Waals surface area contributed by atoms with Crippen LogP contribution in [0.4, 0.5) is 0 Å². The first-order valence-electron chi connectivity index (χ1n) is 10.5. The molecule has 0 spiro atoms. The molecule has 1 N–H and O–H groups in total. The molecule has 1 saturated heterocycles. The fraction of sp³-hybridized carbons (Fsp3) is 0.375. The summed E-state index contributed by atoms with van der Waals surface area (Å²) in [6.07, 6.45) is -0.708. The summed E-state index contributed by atoms with van der Waals surface area (Å²) in [5.74, 6) is 0.198. The van der Waals surface area contributed by atoms with Gasteiger partial charge in [-0.2, -0.15) is 0 Å². The molecule has 3 rings (SSSR count). The Morgan fingerprint density at radius 3 is 2.32 bits per heavy atom. The Morgan fingerprint density at radius 2 is 1.68 bits per heavy atom. The molecule has 2 aromatic carbocycles. The fourth-order valence-electron chi connectivity index (χ4n) is 3.34. The molecule has 1 unspecified atom stereocenters. The van der Waals surface area contributed by atoms with E-state index in [0.29, 0.717) is 23.4 Å². The maximum absolute atomic E-state index is 12.6. The van der Waals surface area contributed by atoms with Gasteiger partial charge in [-0.3, -0.25) is 14.4 Å². The third-order valence-electron chi connectivity index (χ3n) is 5.38. The number of amides is 2. The number of ketones is 1. The van der Waals surface area contributed by atoms with Gasteiger partial charge < -0.3 is 19.9 Å². The van der Waals surface area contributed by atoms with E-state index in [2.05, 4.69) is 17.3 Å². The Balaban J connectivity index is 1.50. The first-order chi connectivity index (χ1) is 14.8. The van der Waals surface area contributed by atoms with E-state index in [-0.39, 0.29) is 17.6 Å². The zero-order chi connectivity index (χ0) is 22.4. The number of carbonyl (C=O) groups is 3. The third kappa shape index (κ3) is 6.15. The molecule has 1 atom stereocenters. The van der Waals surface area contributed by atoms with Gasteiger partial charge in [0.1, 0.15) is 5.75 Å². The average Bonchev–Trinajstić information content (AvgIpc) is 2.78. The summed E-state index contributed by atoms with van der Waals surface area (Å²) in [6, 6.07) is 14.1. The monoisotopic (exact) mass is 423 g/mol. The molecule has 1 fully saturated rings. The average molecular weight is 424 g/mol. The summed E-state index contributed by atoms with van der Waals surface area (Å²) in [7, 11) is 2.06. The van der Waals surface area contributed by atoms with Crippen molar-refractivity contribution in [3.05, 3.63) is 65.2 Å². The maximum Gasteiger partial charge on any atom is 0.261 e. The van der Waals surface area contributed by atoms with Crippen LogP contribution < -0.4 is 10.1 Å². The van der Waals surface area contributed by atoms with E-state index in [1.54, 1.807) is 43.3 Å². The zero-order valence-electron chi connectivity index (χ0n) is 18.3. The van der Waals surface area contributed by atoms with Crippen LogP contribution in [0.25, 0.3) is 0 Å². The molecule has 0 bridgehead atoms. The minimum Gasteiger partial charge on any atom is -0.481 e. The smallest absolute Gasteiger partial charge is 0.261 e. The number of nitrogens with one attached hydrogen (secondary N) is 1. The van der Waals surface area contributed by atoms with E-state index >= 15 is 0 Å². The van der Waals surface area contributed by atoms with Crippen molar-refractivity contribution in [2.45, 2.75) is 26.5 Å². The van der Waals surface area contributed by atoms with Crippen LogP contribution in [0, 0.1) is 0 Å². The number of carbonyl (C=O) groups excluding carboxylic acids is 3. The Morgan fingerprint density at radius 1 is 1.00 bits per heavy atom. The molecule has 0 aromatic heterocycles. The lowest BCUT2D eigenvalue weighted by Gasteiger charge is -2.32. The van der Waals surface area contributed by atoms with Crippen LogP contribution in [0.15, 0.2) is 48.5 Å². The van der Waals surface area contributed by atoms with Gasteiger partial charge in [-0.1, -0.05) is 24.3 Å². The Bertz CT molecular complexity index is 934. The Labute approximate surface area is 183 Å². The highest BCUT2D eigenvalue weighted by molar-refractivity contribution is 5.95. The molecule has 1 aliphatic rings. The third-order valence-corrected chi connectivity index (χ3v) is 5.38. The first kappa shape index (κ1) is 22.5. The Kier molecular flexibility index (Phi) is 7.41. The maximum atomic E-state index is 12.6. The minimum absolute atomic E-state index is 0.0403. The quantitative estimate of drug-likeness (QED) is 0.692. The summed E-state index contributed by atoms with van der Waals surface area (Å²) in [4.78, 5) is 40.6. The van der Waals surface area contributed by atoms with Gasteiger partial charge in [0, 0.05) is 43.9 Å². The van der Waals surface area contributed by atoms with Crippen LogP contribution in [-0.2, 0) is 11.3 Å². The highest BCUT2D eigenvalue weighted by atomic mass is 16.5. The fourth-order valence-corrected chi connectivity index (χ4v) is 3.34. The number of benzene rings is 2. The molecule has 0 saturated carbocycles. The molecule has 0 aliphatic carbocycles. The molecule has 0 radical (unpaired) electrons. The summed E-state index contributed by atoms with van der Waals surface area (Å²) in [5.41, 5.74) is 2.09. The van der Waals surface area contributed by atoms with Crippen LogP contribution in [-0.4, -0.2) is 66.7 Å². The molecule has 7 heteroatoms. The van der Waals surface area contributed by atoms with Crippen molar-refractivity contribution in [3.8, 4) is 5.75 Å². The van der Waals surface area contributed by atoms with Crippen LogP contribution in [0.5, 0.6) is 5.75 Å². The van der Waals surface area contributed by atoms with Crippen molar-refractivity contribution < 1.29 is 19.1 Å². The summed E-state index contributed by atoms with van der Waals surface area (Å²) in [6.45, 7) is 6.72. The molecular weight excluding hydrogens is 394 g/mol. The van der Waals surface area contributed by atoms with Gasteiger partial charge in [-0.25, -0.2) is 0 Å². The van der Waals surface area contributed by atoms with Crippen LogP contribution in [0.1, 0.15) is 40.1 Å². The number of hydrogen-bond donors (Lipinski definition) is 1. The topological polar surface area (TPSA) is 78.9 Å². The second-order valence-corrected chi connectivity index (χ2v) is 7.85. The second-order valence-electron chi connectivity index (χ2n) is 7.85. The van der Waals surface area contributed by atoms with Gasteiger partial charge in [0.15, 0.2) is 11.9 Å². The van der Waals surface area contributed by atoms with Gasteiger partial charge in [-0.05, 0) is 50.7 Å². The molecule has 2 amide bonds. The highest BCUT2D eigenvalue weighted by Gasteiger charge is 2.20. The number of ether oxygens (including phenoxy) is 1. The molecular formula is C24H29N3O4. The van der Waals surface area contributed by atoms with Gasteiger partial charge in [0.25, 0.3) is 11.8 Å². The van der Waals surface area contributed by atoms with E-state index in [4.69, 9.17) is 4.74 Å². The van der Waals surface area contributed by atoms with Gasteiger partial charge in [-0.15, -0.1) is 0 Å². The SMILES string of the molecule is CC(=O)c1cccc(OC(C)C(=O)NCc2ccc(C(=O)N3CCN(C)CC3)cc2)c1. The summed E-state index contributed by atoms with van der Waals surface area (Å²) >= 11 is 0. The molecule has 31 heavy (non-hydrogen) atoms. The van der Waals surface area contributed by atoms with Crippen molar-refractivity contribution in [1.82, 2.24) is 15.1 Å². The number of Topliss-reactive ketones (excluding diaryl/α,β-unsaturated/α-hetero) is 1. The zero-order valence-corrected chi connectivity index (χ0v) is 18.3. The normalized spacial score (nSPS) is 15.3. The molecule has 1 heterocycles. The van der Waals surface area contributed by atoms with Crippen molar-refractivity contribution >= 4 is 17.6 Å². The van der Waals surface area contributed by atoms with E-state index in [0.717, 1.165) is 31.7 Å². The number of nitrogens with zero attached hydrogens (tertiary/aromatic N) is 2. The van der Waals surface area contributed by atoms with E-state index in [1.807, 2.05) is 17.0 Å². The number of piperazine rings is 1. The van der Waals surface area contributed by atoms with Crippen molar-refractivity contribution in [2.24, 2.45) is 0 Å². The summed E-state index contributed by atoms with van der Waals surface area (Å²) in [5, 5.41) is 2.84. The Hall–Kier alpha value is -3.19. The van der Waals surface area contributed by atoms with E-state index in [9.17, 15) is 14.4 Å². The largest absolute Gasteiger partial charge is 0.481 e. The molecule has 7 nitrogen and oxygen atoms in total. The molecule has 164 valence electrons. The number of likely N-dealkylation sites (N-methyl/N-ethyl adjacent to an activating group) is 1. The van der Waals surface area contributed by atoms with Gasteiger partial charge in [0.05, 0.1) is 0 Å². The van der Waals surface area contributed by atoms with Crippen LogP contribution in [0.2, 0.25) is 0 Å². The van der Waals surface area contributed by atoms with Crippen molar-refractivity contribution in [2.75, 3.05) is 33.2 Å². The van der Waals surface area contributed by atoms with Crippen molar-refractivity contribution in [3.63, 3.8) is 0 Å². The van der Waals surface area contributed by atoms with E-state index in [1.165, 1.54) is 6.92 Å². The van der Waals surface area contributed by atoms with E-state index < -0.39 is 6.10 Å². The first-order valence-corrected chi connectivity index (χ1v) is 10.5. The standard InChI is InChI=1S/C24H29N3O4/c1-17(28)21-5-4-6-22(15-21)31-18(2)23(29)25-16-19-7-9-20(10-8-19)24(30)27-13-11-26(3)12-14-27/h4-10,15,18H,11-14,16H2,1-3H3,(H,25,29). The van der Waals surface area contributed by atoms with Gasteiger partial charge in [0.2, 0.25) is 0 Å². The van der Waals surface area contributed by atoms with Crippen molar-refractivity contribution in [1.29, 1.82) is 0 Å². The lowest BCUT2D eigenvalue weighted by molar-refractivity contribution is -0.127. The lowest BCUT2D eigenvalue weighted by Crippen LogP contribution is -2.47. The molecule has 1 aliphatic heterocycles. The highest BCUT2D eigenvalue weighted by Crippen LogP contribution is 2.16.